The van der Waals surface area contributed by atoms with Crippen LogP contribution in [0.2, 0.25) is 0 Å². The molecule has 3 rings (SSSR count). The van der Waals surface area contributed by atoms with Crippen LogP contribution in [-0.2, 0) is 11.2 Å². The first-order chi connectivity index (χ1) is 10.6. The highest BCUT2D eigenvalue weighted by Gasteiger charge is 2.30. The molecular formula is C16H21N5O. The van der Waals surface area contributed by atoms with Crippen molar-refractivity contribution in [2.24, 2.45) is 0 Å². The van der Waals surface area contributed by atoms with Gasteiger partial charge in [-0.05, 0) is 44.7 Å². The van der Waals surface area contributed by atoms with E-state index in [9.17, 15) is 4.79 Å². The number of likely N-dealkylation sites (tertiary alicyclic amines) is 1. The van der Waals surface area contributed by atoms with Gasteiger partial charge in [0.15, 0.2) is 5.82 Å². The first-order valence-electron chi connectivity index (χ1n) is 7.73. The van der Waals surface area contributed by atoms with Crippen LogP contribution in [0.15, 0.2) is 18.3 Å². The Kier molecular flexibility index (Phi) is 4.18. The van der Waals surface area contributed by atoms with Crippen LogP contribution >= 0.6 is 0 Å². The Morgan fingerprint density at radius 2 is 2.23 bits per heavy atom. The van der Waals surface area contributed by atoms with Crippen LogP contribution in [0.3, 0.4) is 0 Å². The van der Waals surface area contributed by atoms with Gasteiger partial charge in [-0.1, -0.05) is 6.07 Å². The van der Waals surface area contributed by atoms with Crippen LogP contribution in [0.1, 0.15) is 48.2 Å². The molecule has 3 heterocycles. The maximum absolute atomic E-state index is 12.7. The van der Waals surface area contributed by atoms with E-state index in [1.54, 1.807) is 6.20 Å². The second-order valence-electron chi connectivity index (χ2n) is 5.86. The van der Waals surface area contributed by atoms with Crippen LogP contribution in [-0.4, -0.2) is 37.5 Å². The number of carbonyl (C=O) groups excluding carboxylic acids is 1. The fourth-order valence-corrected chi connectivity index (χ4v) is 2.89. The van der Waals surface area contributed by atoms with Gasteiger partial charge in [0.1, 0.15) is 5.82 Å². The Balaban J connectivity index is 1.75. The third-order valence-electron chi connectivity index (χ3n) is 4.06. The number of carbonyl (C=O) groups is 1. The number of rotatable bonds is 3. The Morgan fingerprint density at radius 1 is 1.36 bits per heavy atom. The third kappa shape index (κ3) is 3.16. The zero-order valence-electron chi connectivity index (χ0n) is 13.0. The van der Waals surface area contributed by atoms with Crippen molar-refractivity contribution in [3.63, 3.8) is 0 Å². The molecule has 22 heavy (non-hydrogen) atoms. The van der Waals surface area contributed by atoms with E-state index in [1.807, 2.05) is 30.9 Å². The number of pyridine rings is 1. The van der Waals surface area contributed by atoms with Crippen LogP contribution in [0.4, 0.5) is 0 Å². The molecule has 116 valence electrons. The molecule has 2 aromatic heterocycles. The number of aryl methyl sites for hydroxylation is 2. The second-order valence-corrected chi connectivity index (χ2v) is 5.86. The summed E-state index contributed by atoms with van der Waals surface area (Å²) in [6.07, 6.45) is 5.23. The smallest absolute Gasteiger partial charge is 0.227 e. The first-order valence-corrected chi connectivity index (χ1v) is 7.73. The number of hydrogen-bond acceptors (Lipinski definition) is 4. The molecule has 0 aromatic carbocycles. The molecule has 1 aliphatic rings. The number of hydrogen-bond donors (Lipinski definition) is 1. The molecule has 6 nitrogen and oxygen atoms in total. The predicted molar refractivity (Wildman–Crippen MR) is 82.1 cm³/mol. The highest BCUT2D eigenvalue weighted by atomic mass is 16.2. The number of nitrogens with zero attached hydrogens (tertiary/aromatic N) is 4. The van der Waals surface area contributed by atoms with Gasteiger partial charge in [0, 0.05) is 18.4 Å². The SMILES string of the molecule is Cc1ccc(CC(=O)N2CCCC[C@@H]2c2n[nH]c(C)n2)cn1. The molecule has 1 atom stereocenters. The predicted octanol–water partition coefficient (Wildman–Crippen LogP) is 2.11. The number of aromatic nitrogens is 4. The van der Waals surface area contributed by atoms with E-state index in [0.29, 0.717) is 6.42 Å². The molecule has 1 saturated heterocycles. The fraction of sp³-hybridized carbons (Fsp3) is 0.500. The molecule has 1 amide bonds. The highest BCUT2D eigenvalue weighted by Crippen LogP contribution is 2.29. The van der Waals surface area contributed by atoms with Crippen molar-refractivity contribution < 1.29 is 4.79 Å². The lowest BCUT2D eigenvalue weighted by molar-refractivity contribution is -0.134. The fourth-order valence-electron chi connectivity index (χ4n) is 2.89. The molecule has 0 unspecified atom stereocenters. The number of nitrogens with one attached hydrogen (secondary N) is 1. The summed E-state index contributed by atoms with van der Waals surface area (Å²) in [7, 11) is 0. The zero-order valence-corrected chi connectivity index (χ0v) is 13.0. The minimum absolute atomic E-state index is 0.00962. The molecule has 0 radical (unpaired) electrons. The Labute approximate surface area is 130 Å². The Morgan fingerprint density at radius 3 is 2.91 bits per heavy atom. The summed E-state index contributed by atoms with van der Waals surface area (Å²) < 4.78 is 0. The van der Waals surface area contributed by atoms with E-state index < -0.39 is 0 Å². The van der Waals surface area contributed by atoms with Crippen molar-refractivity contribution in [2.45, 2.75) is 45.6 Å². The van der Waals surface area contributed by atoms with E-state index in [-0.39, 0.29) is 11.9 Å². The maximum atomic E-state index is 12.7. The van der Waals surface area contributed by atoms with Crippen molar-refractivity contribution >= 4 is 5.91 Å². The minimum atomic E-state index is -0.00962. The second kappa shape index (κ2) is 6.25. The van der Waals surface area contributed by atoms with Crippen molar-refractivity contribution in [3.05, 3.63) is 41.2 Å². The molecule has 0 saturated carbocycles. The van der Waals surface area contributed by atoms with Gasteiger partial charge in [0.25, 0.3) is 0 Å². The van der Waals surface area contributed by atoms with Crippen LogP contribution in [0, 0.1) is 13.8 Å². The Hall–Kier alpha value is -2.24. The quantitative estimate of drug-likeness (QED) is 0.942. The molecule has 2 aromatic rings. The number of H-pyrrole nitrogens is 1. The summed E-state index contributed by atoms with van der Waals surface area (Å²) in [6.45, 7) is 4.59. The third-order valence-corrected chi connectivity index (χ3v) is 4.06. The van der Waals surface area contributed by atoms with Crippen molar-refractivity contribution in [1.29, 1.82) is 0 Å². The number of piperidine rings is 1. The van der Waals surface area contributed by atoms with Gasteiger partial charge in [-0.2, -0.15) is 5.10 Å². The number of aromatic amines is 1. The summed E-state index contributed by atoms with van der Waals surface area (Å²) in [5.41, 5.74) is 1.91. The van der Waals surface area contributed by atoms with Crippen molar-refractivity contribution in [3.8, 4) is 0 Å². The van der Waals surface area contributed by atoms with Gasteiger partial charge >= 0.3 is 0 Å². The summed E-state index contributed by atoms with van der Waals surface area (Å²) in [4.78, 5) is 23.3. The average molecular weight is 299 g/mol. The van der Waals surface area contributed by atoms with E-state index in [0.717, 1.165) is 48.7 Å². The van der Waals surface area contributed by atoms with Crippen molar-refractivity contribution in [2.75, 3.05) is 6.54 Å². The lowest BCUT2D eigenvalue weighted by Gasteiger charge is -2.34. The summed E-state index contributed by atoms with van der Waals surface area (Å²) in [6, 6.07) is 3.90. The normalized spacial score (nSPS) is 18.5. The van der Waals surface area contributed by atoms with Gasteiger partial charge in [0.05, 0.1) is 12.5 Å². The molecular weight excluding hydrogens is 278 g/mol. The molecule has 1 fully saturated rings. The standard InChI is InChI=1S/C16H21N5O/c1-11-6-7-13(10-17-11)9-15(22)21-8-4-3-5-14(21)16-18-12(2)19-20-16/h6-7,10,14H,3-5,8-9H2,1-2H3,(H,18,19,20)/t14-/m1/s1. The van der Waals surface area contributed by atoms with Crippen LogP contribution < -0.4 is 0 Å². The molecule has 1 aliphatic heterocycles. The lowest BCUT2D eigenvalue weighted by atomic mass is 10.0. The molecule has 0 aliphatic carbocycles. The Bertz CT molecular complexity index is 649. The molecule has 0 bridgehead atoms. The van der Waals surface area contributed by atoms with Gasteiger partial charge in [-0.15, -0.1) is 0 Å². The molecule has 6 heteroatoms. The largest absolute Gasteiger partial charge is 0.332 e. The zero-order chi connectivity index (χ0) is 15.5. The van der Waals surface area contributed by atoms with Crippen LogP contribution in [0.5, 0.6) is 0 Å². The highest BCUT2D eigenvalue weighted by molar-refractivity contribution is 5.79. The van der Waals surface area contributed by atoms with E-state index in [1.165, 1.54) is 0 Å². The lowest BCUT2D eigenvalue weighted by Crippen LogP contribution is -2.39. The first kappa shape index (κ1) is 14.7. The van der Waals surface area contributed by atoms with E-state index in [2.05, 4.69) is 20.2 Å². The van der Waals surface area contributed by atoms with Gasteiger partial charge in [0.2, 0.25) is 5.91 Å². The van der Waals surface area contributed by atoms with Crippen LogP contribution in [0.25, 0.3) is 0 Å². The average Bonchev–Trinajstić information content (AvgIpc) is 2.96. The topological polar surface area (TPSA) is 74.8 Å². The summed E-state index contributed by atoms with van der Waals surface area (Å²) in [5, 5.41) is 7.12. The van der Waals surface area contributed by atoms with Crippen molar-refractivity contribution in [1.82, 2.24) is 25.1 Å². The van der Waals surface area contributed by atoms with Gasteiger partial charge in [-0.25, -0.2) is 4.98 Å². The summed E-state index contributed by atoms with van der Waals surface area (Å²) in [5.74, 6) is 1.64. The van der Waals surface area contributed by atoms with E-state index >= 15 is 0 Å². The monoisotopic (exact) mass is 299 g/mol. The maximum Gasteiger partial charge on any atom is 0.227 e. The number of amides is 1. The van der Waals surface area contributed by atoms with Gasteiger partial charge < -0.3 is 4.90 Å². The summed E-state index contributed by atoms with van der Waals surface area (Å²) >= 11 is 0. The molecule has 1 N–H and O–H groups in total. The van der Waals surface area contributed by atoms with E-state index in [4.69, 9.17) is 0 Å². The molecule has 0 spiro atoms. The minimum Gasteiger partial charge on any atom is -0.332 e. The van der Waals surface area contributed by atoms with Gasteiger partial charge in [-0.3, -0.25) is 14.9 Å².